The molecule has 0 heterocycles. The Balaban J connectivity index is 2.18. The minimum atomic E-state index is -0.449. The van der Waals surface area contributed by atoms with Crippen molar-refractivity contribution < 1.29 is 14.3 Å². The van der Waals surface area contributed by atoms with Gasteiger partial charge in [-0.25, -0.2) is 4.79 Å². The second-order valence-corrected chi connectivity index (χ2v) is 4.47. The maximum atomic E-state index is 11.5. The number of primary amides is 1. The molecule has 0 saturated heterocycles. The van der Waals surface area contributed by atoms with Crippen molar-refractivity contribution in [1.29, 1.82) is 0 Å². The summed E-state index contributed by atoms with van der Waals surface area (Å²) in [7, 11) is 0. The van der Waals surface area contributed by atoms with Gasteiger partial charge in [0.25, 0.3) is 0 Å². The van der Waals surface area contributed by atoms with Crippen LogP contribution in [0.2, 0.25) is 0 Å². The van der Waals surface area contributed by atoms with Crippen molar-refractivity contribution in [2.75, 3.05) is 0 Å². The zero-order chi connectivity index (χ0) is 14.1. The number of ether oxygens (including phenoxy) is 1. The lowest BCUT2D eigenvalue weighted by molar-refractivity contribution is -0.118. The molecule has 5 nitrogen and oxygen atoms in total. The first-order chi connectivity index (χ1) is 9.08. The Labute approximate surface area is 113 Å². The van der Waals surface area contributed by atoms with Crippen molar-refractivity contribution in [3.63, 3.8) is 0 Å². The lowest BCUT2D eigenvalue weighted by atomic mass is 10.1. The minimum Gasteiger partial charge on any atom is -0.445 e. The largest absolute Gasteiger partial charge is 0.445 e. The third-order valence-corrected chi connectivity index (χ3v) is 2.64. The highest BCUT2D eigenvalue weighted by Crippen LogP contribution is 2.03. The van der Waals surface area contributed by atoms with E-state index in [2.05, 4.69) is 5.32 Å². The van der Waals surface area contributed by atoms with E-state index in [0.717, 1.165) is 5.56 Å². The molecule has 1 atom stereocenters. The minimum absolute atomic E-state index is 0.0392. The molecule has 5 heteroatoms. The van der Waals surface area contributed by atoms with E-state index < -0.39 is 6.09 Å². The van der Waals surface area contributed by atoms with Gasteiger partial charge < -0.3 is 15.8 Å². The Morgan fingerprint density at radius 3 is 2.63 bits per heavy atom. The molecule has 0 radical (unpaired) electrons. The Bertz CT molecular complexity index is 406. The van der Waals surface area contributed by atoms with Crippen LogP contribution in [-0.2, 0) is 16.1 Å². The maximum absolute atomic E-state index is 11.5. The highest BCUT2D eigenvalue weighted by Gasteiger charge is 2.08. The van der Waals surface area contributed by atoms with Gasteiger partial charge in [-0.2, -0.15) is 0 Å². The number of alkyl carbamates (subject to hydrolysis) is 1. The van der Waals surface area contributed by atoms with Crippen LogP contribution in [0.1, 0.15) is 31.7 Å². The van der Waals surface area contributed by atoms with E-state index in [1.54, 1.807) is 0 Å². The predicted octanol–water partition coefficient (Wildman–Crippen LogP) is 1.96. The lowest BCUT2D eigenvalue weighted by Gasteiger charge is -2.13. The molecule has 0 aliphatic rings. The van der Waals surface area contributed by atoms with E-state index >= 15 is 0 Å². The third kappa shape index (κ3) is 7.08. The van der Waals surface area contributed by atoms with E-state index in [1.165, 1.54) is 0 Å². The maximum Gasteiger partial charge on any atom is 0.407 e. The van der Waals surface area contributed by atoms with Crippen LogP contribution in [-0.4, -0.2) is 18.0 Å². The fourth-order valence-corrected chi connectivity index (χ4v) is 1.62. The number of carbonyl (C=O) groups excluding carboxylic acids is 2. The second-order valence-electron chi connectivity index (χ2n) is 4.47. The first kappa shape index (κ1) is 15.0. The first-order valence-corrected chi connectivity index (χ1v) is 6.33. The smallest absolute Gasteiger partial charge is 0.407 e. The van der Waals surface area contributed by atoms with Gasteiger partial charge in [0, 0.05) is 12.5 Å². The van der Waals surface area contributed by atoms with Gasteiger partial charge in [0.05, 0.1) is 0 Å². The van der Waals surface area contributed by atoms with E-state index in [-0.39, 0.29) is 18.6 Å². The van der Waals surface area contributed by atoms with Crippen LogP contribution in [0.3, 0.4) is 0 Å². The van der Waals surface area contributed by atoms with Crippen molar-refractivity contribution in [3.8, 4) is 0 Å². The standard InChI is InChI=1S/C14H20N2O3/c1-11(6-5-9-13(15)17)16-14(18)19-10-12-7-3-2-4-8-12/h2-4,7-8,11H,5-6,9-10H2,1H3,(H2,15,17)(H,16,18). The van der Waals surface area contributed by atoms with Crippen LogP contribution >= 0.6 is 0 Å². The molecule has 1 unspecified atom stereocenters. The molecule has 104 valence electrons. The number of nitrogens with two attached hydrogens (primary N) is 1. The molecule has 2 amide bonds. The molecule has 0 aliphatic heterocycles. The molecule has 3 N–H and O–H groups in total. The van der Waals surface area contributed by atoms with Crippen LogP contribution in [0.15, 0.2) is 30.3 Å². The summed E-state index contributed by atoms with van der Waals surface area (Å²) in [6.07, 6.45) is 1.25. The van der Waals surface area contributed by atoms with Gasteiger partial charge in [0.1, 0.15) is 6.61 Å². The first-order valence-electron chi connectivity index (χ1n) is 6.33. The molecule has 0 aromatic heterocycles. The van der Waals surface area contributed by atoms with Crippen LogP contribution < -0.4 is 11.1 Å². The Hall–Kier alpha value is -2.04. The van der Waals surface area contributed by atoms with Gasteiger partial charge in [-0.3, -0.25) is 4.79 Å². The Morgan fingerprint density at radius 2 is 2.00 bits per heavy atom. The van der Waals surface area contributed by atoms with E-state index in [1.807, 2.05) is 37.3 Å². The van der Waals surface area contributed by atoms with E-state index in [0.29, 0.717) is 19.3 Å². The monoisotopic (exact) mass is 264 g/mol. The normalized spacial score (nSPS) is 11.6. The molecule has 0 saturated carbocycles. The summed E-state index contributed by atoms with van der Waals surface area (Å²) in [5.74, 6) is -0.321. The molecule has 0 bridgehead atoms. The Morgan fingerprint density at radius 1 is 1.32 bits per heavy atom. The van der Waals surface area contributed by atoms with Gasteiger partial charge in [-0.1, -0.05) is 30.3 Å². The third-order valence-electron chi connectivity index (χ3n) is 2.64. The summed E-state index contributed by atoms with van der Waals surface area (Å²) in [6.45, 7) is 2.12. The van der Waals surface area contributed by atoms with Crippen molar-refractivity contribution in [1.82, 2.24) is 5.32 Å². The predicted molar refractivity (Wildman–Crippen MR) is 72.3 cm³/mol. The number of hydrogen-bond acceptors (Lipinski definition) is 3. The van der Waals surface area contributed by atoms with E-state index in [4.69, 9.17) is 10.5 Å². The molecule has 1 rings (SSSR count). The van der Waals surface area contributed by atoms with Crippen molar-refractivity contribution >= 4 is 12.0 Å². The van der Waals surface area contributed by atoms with Crippen LogP contribution in [0.25, 0.3) is 0 Å². The zero-order valence-electron chi connectivity index (χ0n) is 11.1. The van der Waals surface area contributed by atoms with Crippen molar-refractivity contribution in [2.45, 2.75) is 38.8 Å². The fourth-order valence-electron chi connectivity index (χ4n) is 1.62. The fraction of sp³-hybridized carbons (Fsp3) is 0.429. The number of amides is 2. The van der Waals surface area contributed by atoms with Crippen molar-refractivity contribution in [3.05, 3.63) is 35.9 Å². The highest BCUT2D eigenvalue weighted by molar-refractivity contribution is 5.73. The molecule has 1 aromatic carbocycles. The summed E-state index contributed by atoms with van der Waals surface area (Å²) in [5, 5.41) is 2.71. The quantitative estimate of drug-likeness (QED) is 0.789. The average Bonchev–Trinajstić information content (AvgIpc) is 2.37. The lowest BCUT2D eigenvalue weighted by Crippen LogP contribution is -2.33. The van der Waals surface area contributed by atoms with Gasteiger partial charge in [0.2, 0.25) is 5.91 Å². The molecular formula is C14H20N2O3. The number of rotatable bonds is 7. The number of nitrogens with one attached hydrogen (secondary N) is 1. The molecular weight excluding hydrogens is 244 g/mol. The van der Waals surface area contributed by atoms with Crippen LogP contribution in [0.5, 0.6) is 0 Å². The SMILES string of the molecule is CC(CCCC(N)=O)NC(=O)OCc1ccccc1. The number of carbonyl (C=O) groups is 2. The van der Waals surface area contributed by atoms with Crippen LogP contribution in [0, 0.1) is 0 Å². The van der Waals surface area contributed by atoms with Gasteiger partial charge in [-0.15, -0.1) is 0 Å². The highest BCUT2D eigenvalue weighted by atomic mass is 16.5. The summed E-state index contributed by atoms with van der Waals surface area (Å²) < 4.78 is 5.08. The molecule has 0 aliphatic carbocycles. The summed E-state index contributed by atoms with van der Waals surface area (Å²) >= 11 is 0. The van der Waals surface area contributed by atoms with Gasteiger partial charge in [0.15, 0.2) is 0 Å². The van der Waals surface area contributed by atoms with Crippen molar-refractivity contribution in [2.24, 2.45) is 5.73 Å². The summed E-state index contributed by atoms with van der Waals surface area (Å²) in [5.41, 5.74) is 5.98. The zero-order valence-corrected chi connectivity index (χ0v) is 11.1. The molecule has 1 aromatic rings. The van der Waals surface area contributed by atoms with Crippen LogP contribution in [0.4, 0.5) is 4.79 Å². The number of benzene rings is 1. The van der Waals surface area contributed by atoms with E-state index in [9.17, 15) is 9.59 Å². The molecule has 19 heavy (non-hydrogen) atoms. The number of hydrogen-bond donors (Lipinski definition) is 2. The summed E-state index contributed by atoms with van der Waals surface area (Å²) in [6, 6.07) is 9.44. The molecule has 0 spiro atoms. The van der Waals surface area contributed by atoms with Gasteiger partial charge in [-0.05, 0) is 25.3 Å². The average molecular weight is 264 g/mol. The van der Waals surface area contributed by atoms with Gasteiger partial charge >= 0.3 is 6.09 Å². The Kier molecular flexibility index (Phi) is 6.43. The summed E-state index contributed by atoms with van der Waals surface area (Å²) in [4.78, 5) is 22.1. The molecule has 0 fully saturated rings. The topological polar surface area (TPSA) is 81.4 Å². The second kappa shape index (κ2) is 8.13.